The first kappa shape index (κ1) is 18.0. The smallest absolute Gasteiger partial charge is 0.0467 e. The maximum atomic E-state index is 6.13. The van der Waals surface area contributed by atoms with E-state index in [1.807, 2.05) is 24.3 Å². The minimum absolute atomic E-state index is 0.812. The Hall–Kier alpha value is -4.04. The molecule has 5 aromatic carbocycles. The normalized spacial score (nSPS) is 10.8. The van der Waals surface area contributed by atoms with Crippen LogP contribution < -0.4 is 10.6 Å². The summed E-state index contributed by atoms with van der Waals surface area (Å²) in [5.74, 6) is 0. The summed E-state index contributed by atoms with van der Waals surface area (Å²) in [5.41, 5.74) is 12.7. The largest absolute Gasteiger partial charge is 0.398 e. The minimum atomic E-state index is 0.812. The van der Waals surface area contributed by atoms with Gasteiger partial charge in [0.25, 0.3) is 0 Å². The van der Waals surface area contributed by atoms with Crippen LogP contribution in [0.4, 0.5) is 22.7 Å². The molecule has 0 aliphatic rings. The van der Waals surface area contributed by atoms with Gasteiger partial charge in [-0.25, -0.2) is 0 Å². The highest BCUT2D eigenvalue weighted by Gasteiger charge is 2.12. The molecule has 0 amide bonds. The molecule has 0 aromatic heterocycles. The molecule has 0 aliphatic heterocycles. The van der Waals surface area contributed by atoms with Gasteiger partial charge in [-0.05, 0) is 65.0 Å². The summed E-state index contributed by atoms with van der Waals surface area (Å²) in [6.45, 7) is 0. The van der Waals surface area contributed by atoms with Crippen molar-refractivity contribution in [3.05, 3.63) is 121 Å². The minimum Gasteiger partial charge on any atom is -0.398 e. The second kappa shape index (κ2) is 7.76. The third-order valence-corrected chi connectivity index (χ3v) is 5.38. The Bertz CT molecular complexity index is 1250. The van der Waals surface area contributed by atoms with E-state index in [0.717, 1.165) is 33.5 Å². The number of hydrogen-bond acceptors (Lipinski definition) is 2. The molecular formula is C28H22N2. The first-order valence-electron chi connectivity index (χ1n) is 10.1. The van der Waals surface area contributed by atoms with Crippen LogP contribution in [0.2, 0.25) is 0 Å². The first-order valence-corrected chi connectivity index (χ1v) is 10.1. The van der Waals surface area contributed by atoms with E-state index in [1.165, 1.54) is 11.1 Å². The van der Waals surface area contributed by atoms with Crippen molar-refractivity contribution in [2.75, 3.05) is 10.6 Å². The standard InChI is InChI=1S/C28H22N2/c29-28-16-8-10-23-19-22(17-18-27(23)28)21-9-7-15-26(20-21)30(24-11-3-1-4-12-24)25-13-5-2-6-14-25/h1-20H,29H2. The number of nitrogens with two attached hydrogens (primary N) is 1. The number of hydrogen-bond donors (Lipinski definition) is 1. The topological polar surface area (TPSA) is 29.3 Å². The Morgan fingerprint density at radius 1 is 0.467 bits per heavy atom. The Balaban J connectivity index is 1.62. The van der Waals surface area contributed by atoms with Gasteiger partial charge in [0.05, 0.1) is 0 Å². The van der Waals surface area contributed by atoms with Crippen LogP contribution in [0.5, 0.6) is 0 Å². The van der Waals surface area contributed by atoms with Crippen molar-refractivity contribution in [3.8, 4) is 11.1 Å². The fourth-order valence-electron chi connectivity index (χ4n) is 3.91. The van der Waals surface area contributed by atoms with Crippen LogP contribution in [0.25, 0.3) is 21.9 Å². The average Bonchev–Trinajstić information content (AvgIpc) is 2.81. The van der Waals surface area contributed by atoms with Gasteiger partial charge in [-0.3, -0.25) is 0 Å². The molecule has 0 heterocycles. The lowest BCUT2D eigenvalue weighted by molar-refractivity contribution is 1.28. The number of rotatable bonds is 4. The van der Waals surface area contributed by atoms with Crippen LogP contribution in [0.15, 0.2) is 121 Å². The summed E-state index contributed by atoms with van der Waals surface area (Å²) in [4.78, 5) is 2.28. The maximum Gasteiger partial charge on any atom is 0.0467 e. The van der Waals surface area contributed by atoms with Crippen molar-refractivity contribution in [3.63, 3.8) is 0 Å². The molecule has 0 atom stereocenters. The number of fused-ring (bicyclic) bond motifs is 1. The molecule has 0 bridgehead atoms. The summed E-state index contributed by atoms with van der Waals surface area (Å²) >= 11 is 0. The van der Waals surface area contributed by atoms with Gasteiger partial charge < -0.3 is 10.6 Å². The molecule has 0 fully saturated rings. The van der Waals surface area contributed by atoms with Crippen LogP contribution in [0.1, 0.15) is 0 Å². The van der Waals surface area contributed by atoms with E-state index in [1.54, 1.807) is 0 Å². The molecule has 0 spiro atoms. The van der Waals surface area contributed by atoms with Crippen LogP contribution in [-0.4, -0.2) is 0 Å². The molecule has 144 valence electrons. The fraction of sp³-hybridized carbons (Fsp3) is 0. The third kappa shape index (κ3) is 3.40. The van der Waals surface area contributed by atoms with Crippen molar-refractivity contribution in [1.29, 1.82) is 0 Å². The van der Waals surface area contributed by atoms with Gasteiger partial charge in [0.2, 0.25) is 0 Å². The van der Waals surface area contributed by atoms with Gasteiger partial charge in [-0.15, -0.1) is 0 Å². The Morgan fingerprint density at radius 3 is 1.77 bits per heavy atom. The molecular weight excluding hydrogens is 364 g/mol. The molecule has 30 heavy (non-hydrogen) atoms. The van der Waals surface area contributed by atoms with E-state index in [9.17, 15) is 0 Å². The summed E-state index contributed by atoms with van der Waals surface area (Å²) in [6.07, 6.45) is 0. The predicted molar refractivity (Wildman–Crippen MR) is 128 cm³/mol. The SMILES string of the molecule is Nc1cccc2cc(-c3cccc(N(c4ccccc4)c4ccccc4)c3)ccc12. The second-order valence-electron chi connectivity index (χ2n) is 7.34. The number of anilines is 4. The summed E-state index contributed by atoms with van der Waals surface area (Å²) in [7, 11) is 0. The zero-order valence-corrected chi connectivity index (χ0v) is 16.6. The predicted octanol–water partition coefficient (Wildman–Crippen LogP) is 7.56. The van der Waals surface area contributed by atoms with Crippen LogP contribution in [0.3, 0.4) is 0 Å². The quantitative estimate of drug-likeness (QED) is 0.323. The van der Waals surface area contributed by atoms with E-state index < -0.39 is 0 Å². The summed E-state index contributed by atoms with van der Waals surface area (Å²) in [5, 5.41) is 2.24. The van der Waals surface area contributed by atoms with E-state index in [2.05, 4.69) is 102 Å². The lowest BCUT2D eigenvalue weighted by atomic mass is 10.00. The highest BCUT2D eigenvalue weighted by molar-refractivity contribution is 5.95. The molecule has 0 radical (unpaired) electrons. The van der Waals surface area contributed by atoms with Gasteiger partial charge in [0, 0.05) is 28.1 Å². The maximum absolute atomic E-state index is 6.13. The molecule has 0 unspecified atom stereocenters. The van der Waals surface area contributed by atoms with E-state index in [4.69, 9.17) is 5.73 Å². The van der Waals surface area contributed by atoms with Crippen molar-refractivity contribution >= 4 is 33.5 Å². The van der Waals surface area contributed by atoms with Crippen LogP contribution in [0, 0.1) is 0 Å². The zero-order chi connectivity index (χ0) is 20.3. The van der Waals surface area contributed by atoms with Crippen LogP contribution in [-0.2, 0) is 0 Å². The highest BCUT2D eigenvalue weighted by Crippen LogP contribution is 2.36. The Morgan fingerprint density at radius 2 is 1.07 bits per heavy atom. The number of para-hydroxylation sites is 2. The van der Waals surface area contributed by atoms with Gasteiger partial charge in [-0.1, -0.05) is 72.8 Å². The molecule has 2 N–H and O–H groups in total. The van der Waals surface area contributed by atoms with Crippen molar-refractivity contribution in [2.45, 2.75) is 0 Å². The summed E-state index contributed by atoms with van der Waals surface area (Å²) in [6, 6.07) is 42.1. The second-order valence-corrected chi connectivity index (χ2v) is 7.34. The first-order chi connectivity index (χ1) is 14.8. The molecule has 0 saturated heterocycles. The van der Waals surface area contributed by atoms with Gasteiger partial charge >= 0.3 is 0 Å². The highest BCUT2D eigenvalue weighted by atomic mass is 15.1. The zero-order valence-electron chi connectivity index (χ0n) is 16.6. The molecule has 5 aromatic rings. The molecule has 2 heteroatoms. The van der Waals surface area contributed by atoms with Gasteiger partial charge in [0.15, 0.2) is 0 Å². The molecule has 2 nitrogen and oxygen atoms in total. The van der Waals surface area contributed by atoms with Crippen molar-refractivity contribution < 1.29 is 0 Å². The summed E-state index contributed by atoms with van der Waals surface area (Å²) < 4.78 is 0. The Kier molecular flexibility index (Phi) is 4.66. The lowest BCUT2D eigenvalue weighted by Crippen LogP contribution is -2.09. The van der Waals surface area contributed by atoms with Crippen molar-refractivity contribution in [1.82, 2.24) is 0 Å². The Labute approximate surface area is 176 Å². The van der Waals surface area contributed by atoms with Gasteiger partial charge in [-0.2, -0.15) is 0 Å². The van der Waals surface area contributed by atoms with Gasteiger partial charge in [0.1, 0.15) is 0 Å². The number of nitrogen functional groups attached to an aromatic ring is 1. The van der Waals surface area contributed by atoms with E-state index in [0.29, 0.717) is 0 Å². The number of nitrogens with zero attached hydrogens (tertiary/aromatic N) is 1. The molecule has 0 aliphatic carbocycles. The molecule has 5 rings (SSSR count). The number of benzene rings is 5. The average molecular weight is 386 g/mol. The monoisotopic (exact) mass is 386 g/mol. The van der Waals surface area contributed by atoms with E-state index >= 15 is 0 Å². The fourth-order valence-corrected chi connectivity index (χ4v) is 3.91. The molecule has 0 saturated carbocycles. The van der Waals surface area contributed by atoms with Crippen molar-refractivity contribution in [2.24, 2.45) is 0 Å². The third-order valence-electron chi connectivity index (χ3n) is 5.38. The van der Waals surface area contributed by atoms with E-state index in [-0.39, 0.29) is 0 Å². The lowest BCUT2D eigenvalue weighted by Gasteiger charge is -2.26. The van der Waals surface area contributed by atoms with Crippen LogP contribution >= 0.6 is 0 Å².